The van der Waals surface area contributed by atoms with Crippen molar-refractivity contribution in [1.82, 2.24) is 9.88 Å². The summed E-state index contributed by atoms with van der Waals surface area (Å²) in [6.07, 6.45) is 5.89. The van der Waals surface area contributed by atoms with Gasteiger partial charge in [-0.3, -0.25) is 10.1 Å². The van der Waals surface area contributed by atoms with E-state index in [2.05, 4.69) is 21.3 Å². The minimum absolute atomic E-state index is 0.126. The lowest BCUT2D eigenvalue weighted by Gasteiger charge is -2.41. The molecule has 0 unspecified atom stereocenters. The Morgan fingerprint density at radius 2 is 1.73 bits per heavy atom. The van der Waals surface area contributed by atoms with Crippen molar-refractivity contribution in [3.8, 4) is 0 Å². The fourth-order valence-corrected chi connectivity index (χ4v) is 5.33. The zero-order valence-corrected chi connectivity index (χ0v) is 20.6. The van der Waals surface area contributed by atoms with Crippen LogP contribution in [0.4, 0.5) is 15.6 Å². The van der Waals surface area contributed by atoms with E-state index < -0.39 is 5.60 Å². The number of thiazole rings is 1. The predicted molar refractivity (Wildman–Crippen MR) is 132 cm³/mol. The molecule has 0 radical (unpaired) electrons. The molecule has 2 aliphatic heterocycles. The maximum absolute atomic E-state index is 12.6. The number of piperidine rings is 2. The minimum atomic E-state index is -0.445. The molecule has 2 fully saturated rings. The molecule has 7 nitrogen and oxygen atoms in total. The zero-order chi connectivity index (χ0) is 23.4. The Balaban J connectivity index is 1.26. The van der Waals surface area contributed by atoms with Gasteiger partial charge in [-0.25, -0.2) is 9.78 Å². The first kappa shape index (κ1) is 23.5. The first-order valence-electron chi connectivity index (χ1n) is 11.8. The van der Waals surface area contributed by atoms with Gasteiger partial charge in [0.2, 0.25) is 0 Å². The normalized spacial score (nSPS) is 18.3. The topological polar surface area (TPSA) is 74.8 Å². The highest BCUT2D eigenvalue weighted by Gasteiger charge is 2.32. The van der Waals surface area contributed by atoms with Crippen LogP contribution in [0.2, 0.25) is 0 Å². The number of hydrogen-bond acceptors (Lipinski definition) is 6. The van der Waals surface area contributed by atoms with Crippen LogP contribution < -0.4 is 10.2 Å². The van der Waals surface area contributed by atoms with Gasteiger partial charge in [0.15, 0.2) is 5.13 Å². The first-order valence-corrected chi connectivity index (χ1v) is 12.7. The van der Waals surface area contributed by atoms with Crippen molar-refractivity contribution in [3.63, 3.8) is 0 Å². The fraction of sp³-hybridized carbons (Fsp3) is 0.560. The van der Waals surface area contributed by atoms with Crippen LogP contribution in [-0.4, -0.2) is 53.7 Å². The highest BCUT2D eigenvalue weighted by Crippen LogP contribution is 2.34. The third kappa shape index (κ3) is 6.25. The zero-order valence-electron chi connectivity index (χ0n) is 19.8. The Bertz CT molecular complexity index is 941. The summed E-state index contributed by atoms with van der Waals surface area (Å²) >= 11 is 1.41. The second kappa shape index (κ2) is 10.1. The van der Waals surface area contributed by atoms with Crippen molar-refractivity contribution in [2.75, 3.05) is 36.4 Å². The van der Waals surface area contributed by atoms with Crippen LogP contribution in [0.5, 0.6) is 0 Å². The standard InChI is InChI=1S/C25H34N4O3S/c1-25(2,3)32-24(31)29-14-9-19(10-15-29)18-7-12-28(13-8-18)21-6-4-5-20(17-21)22(30)27-23-26-11-16-33-23/h4-6,11,16-19H,7-10,12-15H2,1-3H3,(H,26,27,30). The SMILES string of the molecule is CC(C)(C)OC(=O)N1CCC(C2CCN(c3cccc(C(=O)Nc4nccs4)c3)CC2)CC1. The van der Waals surface area contributed by atoms with Crippen LogP contribution in [0.25, 0.3) is 0 Å². The number of carbonyl (C=O) groups is 2. The summed E-state index contributed by atoms with van der Waals surface area (Å²) in [6, 6.07) is 7.85. The van der Waals surface area contributed by atoms with E-state index in [0.29, 0.717) is 22.5 Å². The van der Waals surface area contributed by atoms with Crippen molar-refractivity contribution in [3.05, 3.63) is 41.4 Å². The van der Waals surface area contributed by atoms with E-state index in [-0.39, 0.29) is 12.0 Å². The summed E-state index contributed by atoms with van der Waals surface area (Å²) in [4.78, 5) is 33.2. The monoisotopic (exact) mass is 470 g/mol. The van der Waals surface area contributed by atoms with E-state index in [1.54, 1.807) is 6.20 Å². The molecule has 178 valence electrons. The number of aromatic nitrogens is 1. The first-order chi connectivity index (χ1) is 15.8. The summed E-state index contributed by atoms with van der Waals surface area (Å²) in [5.41, 5.74) is 1.30. The van der Waals surface area contributed by atoms with Gasteiger partial charge < -0.3 is 14.5 Å². The molecule has 0 saturated carbocycles. The van der Waals surface area contributed by atoms with Crippen molar-refractivity contribution in [1.29, 1.82) is 0 Å². The lowest BCUT2D eigenvalue weighted by Crippen LogP contribution is -2.44. The number of hydrogen-bond donors (Lipinski definition) is 1. The molecular weight excluding hydrogens is 436 g/mol. The van der Waals surface area contributed by atoms with Crippen molar-refractivity contribution < 1.29 is 14.3 Å². The van der Waals surface area contributed by atoms with Gasteiger partial charge >= 0.3 is 6.09 Å². The highest BCUT2D eigenvalue weighted by molar-refractivity contribution is 7.13. The number of likely N-dealkylation sites (tertiary alicyclic amines) is 1. The largest absolute Gasteiger partial charge is 0.444 e. The maximum atomic E-state index is 12.6. The van der Waals surface area contributed by atoms with E-state index in [4.69, 9.17) is 4.74 Å². The average molecular weight is 471 g/mol. The Kier molecular flexibility index (Phi) is 7.22. The average Bonchev–Trinajstić information content (AvgIpc) is 3.31. The lowest BCUT2D eigenvalue weighted by atomic mass is 9.79. The summed E-state index contributed by atoms with van der Waals surface area (Å²) in [6.45, 7) is 9.30. The van der Waals surface area contributed by atoms with Gasteiger partial charge in [0.25, 0.3) is 5.91 Å². The molecule has 33 heavy (non-hydrogen) atoms. The molecule has 1 aromatic carbocycles. The number of ether oxygens (including phenoxy) is 1. The van der Waals surface area contributed by atoms with Gasteiger partial charge in [-0.1, -0.05) is 6.07 Å². The molecule has 2 amide bonds. The molecular formula is C25H34N4O3S. The van der Waals surface area contributed by atoms with Gasteiger partial charge in [-0.2, -0.15) is 0 Å². The number of nitrogens with one attached hydrogen (secondary N) is 1. The molecule has 0 spiro atoms. The predicted octanol–water partition coefficient (Wildman–Crippen LogP) is 5.26. The Hall–Kier alpha value is -2.61. The summed E-state index contributed by atoms with van der Waals surface area (Å²) < 4.78 is 5.53. The second-order valence-electron chi connectivity index (χ2n) is 9.97. The third-order valence-electron chi connectivity index (χ3n) is 6.52. The molecule has 0 bridgehead atoms. The third-order valence-corrected chi connectivity index (χ3v) is 7.21. The molecule has 2 aromatic rings. The molecule has 8 heteroatoms. The molecule has 1 aromatic heterocycles. The summed E-state index contributed by atoms with van der Waals surface area (Å²) in [5, 5.41) is 5.31. The van der Waals surface area contributed by atoms with Gasteiger partial charge in [0.05, 0.1) is 0 Å². The van der Waals surface area contributed by atoms with Crippen LogP contribution in [0, 0.1) is 11.8 Å². The molecule has 4 rings (SSSR count). The van der Waals surface area contributed by atoms with Crippen LogP contribution >= 0.6 is 11.3 Å². The van der Waals surface area contributed by atoms with Crippen molar-refractivity contribution in [2.45, 2.75) is 52.1 Å². The maximum Gasteiger partial charge on any atom is 0.410 e. The minimum Gasteiger partial charge on any atom is -0.444 e. The number of nitrogens with zero attached hydrogens (tertiary/aromatic N) is 3. The Morgan fingerprint density at radius 1 is 1.06 bits per heavy atom. The number of carbonyl (C=O) groups excluding carboxylic acids is 2. The second-order valence-corrected chi connectivity index (χ2v) is 10.9. The smallest absolute Gasteiger partial charge is 0.410 e. The van der Waals surface area contributed by atoms with Gasteiger partial charge in [0.1, 0.15) is 5.60 Å². The molecule has 0 atom stereocenters. The van der Waals surface area contributed by atoms with Crippen LogP contribution in [0.15, 0.2) is 35.8 Å². The Morgan fingerprint density at radius 3 is 2.33 bits per heavy atom. The van der Waals surface area contributed by atoms with Crippen molar-refractivity contribution in [2.24, 2.45) is 11.8 Å². The highest BCUT2D eigenvalue weighted by atomic mass is 32.1. The van der Waals surface area contributed by atoms with E-state index in [1.165, 1.54) is 11.3 Å². The molecule has 0 aliphatic carbocycles. The lowest BCUT2D eigenvalue weighted by molar-refractivity contribution is 0.0152. The van der Waals surface area contributed by atoms with Crippen LogP contribution in [0.3, 0.4) is 0 Å². The number of anilines is 2. The van der Waals surface area contributed by atoms with Crippen molar-refractivity contribution >= 4 is 34.2 Å². The molecule has 2 saturated heterocycles. The summed E-state index contributed by atoms with van der Waals surface area (Å²) in [5.74, 6) is 1.23. The van der Waals surface area contributed by atoms with Gasteiger partial charge in [0, 0.05) is 49.0 Å². The van der Waals surface area contributed by atoms with E-state index in [9.17, 15) is 9.59 Å². The van der Waals surface area contributed by atoms with E-state index >= 15 is 0 Å². The number of benzene rings is 1. The molecule has 3 heterocycles. The van der Waals surface area contributed by atoms with Crippen LogP contribution in [0.1, 0.15) is 56.8 Å². The number of amides is 2. The summed E-state index contributed by atoms with van der Waals surface area (Å²) in [7, 11) is 0. The van der Waals surface area contributed by atoms with E-state index in [1.807, 2.05) is 49.3 Å². The number of rotatable bonds is 4. The van der Waals surface area contributed by atoms with Crippen LogP contribution in [-0.2, 0) is 4.74 Å². The Labute approximate surface area is 200 Å². The molecule has 2 aliphatic rings. The van der Waals surface area contributed by atoms with E-state index in [0.717, 1.165) is 57.5 Å². The fourth-order valence-electron chi connectivity index (χ4n) is 4.81. The molecule has 1 N–H and O–H groups in total. The van der Waals surface area contributed by atoms with Gasteiger partial charge in [-0.05, 0) is 76.5 Å². The quantitative estimate of drug-likeness (QED) is 0.660. The van der Waals surface area contributed by atoms with Gasteiger partial charge in [-0.15, -0.1) is 11.3 Å².